The molecule has 0 aliphatic rings. The van der Waals surface area contributed by atoms with Crippen LogP contribution in [0.1, 0.15) is 17.1 Å². The number of nitrogens with zero attached hydrogens (tertiary/aromatic N) is 2. The van der Waals surface area contributed by atoms with E-state index in [1.165, 1.54) is 6.07 Å². The number of hydrogen-bond donors (Lipinski definition) is 2. The molecule has 0 aliphatic carbocycles. The monoisotopic (exact) mass is 350 g/mol. The van der Waals surface area contributed by atoms with Gasteiger partial charge in [0.25, 0.3) is 0 Å². The van der Waals surface area contributed by atoms with Gasteiger partial charge in [0.1, 0.15) is 11.6 Å². The molecule has 0 unspecified atom stereocenters. The number of imidazole rings is 1. The molecular formula is C20H19FN4O. The van der Waals surface area contributed by atoms with E-state index >= 15 is 0 Å². The summed E-state index contributed by atoms with van der Waals surface area (Å²) in [5.74, 6) is 0.391. The number of aromatic amines is 2. The number of fused-ring (bicyclic) bond motifs is 2. The first-order valence-corrected chi connectivity index (χ1v) is 8.46. The van der Waals surface area contributed by atoms with E-state index in [0.717, 1.165) is 33.5 Å². The average molecular weight is 350 g/mol. The van der Waals surface area contributed by atoms with Crippen molar-refractivity contribution in [2.24, 2.45) is 0 Å². The van der Waals surface area contributed by atoms with E-state index < -0.39 is 0 Å². The molecule has 0 fully saturated rings. The number of halogens is 1. The average Bonchev–Trinajstić information content (AvgIpc) is 3.16. The van der Waals surface area contributed by atoms with Gasteiger partial charge < -0.3 is 14.9 Å². The zero-order valence-electron chi connectivity index (χ0n) is 14.6. The first-order valence-electron chi connectivity index (χ1n) is 8.46. The van der Waals surface area contributed by atoms with E-state index in [0.29, 0.717) is 12.1 Å². The molecule has 0 saturated carbocycles. The molecule has 26 heavy (non-hydrogen) atoms. The van der Waals surface area contributed by atoms with E-state index in [1.54, 1.807) is 18.0 Å². The van der Waals surface area contributed by atoms with Crippen molar-refractivity contribution < 1.29 is 9.18 Å². The van der Waals surface area contributed by atoms with Gasteiger partial charge >= 0.3 is 0 Å². The third kappa shape index (κ3) is 2.83. The van der Waals surface area contributed by atoms with Crippen LogP contribution in [-0.4, -0.2) is 32.8 Å². The standard InChI is InChI=1S/C20H19FN4O/c1-12-14(13-6-5-7-15(21)20(13)22-12)10-19(26)25(2)11-18-23-16-8-3-4-9-17(16)24-18/h3-9,22H,10-11H2,1-2H3,(H,23,24). The third-order valence-corrected chi connectivity index (χ3v) is 4.68. The highest BCUT2D eigenvalue weighted by molar-refractivity contribution is 5.90. The largest absolute Gasteiger partial charge is 0.356 e. The Morgan fingerprint density at radius 2 is 1.96 bits per heavy atom. The van der Waals surface area contributed by atoms with Gasteiger partial charge in [-0.3, -0.25) is 4.79 Å². The van der Waals surface area contributed by atoms with Crippen molar-refractivity contribution in [3.63, 3.8) is 0 Å². The number of rotatable bonds is 4. The number of likely N-dealkylation sites (N-methyl/N-ethyl adjacent to an activating group) is 1. The summed E-state index contributed by atoms with van der Waals surface area (Å²) in [6.45, 7) is 2.25. The number of aromatic nitrogens is 3. The molecule has 2 aromatic heterocycles. The zero-order chi connectivity index (χ0) is 18.3. The molecule has 2 heterocycles. The van der Waals surface area contributed by atoms with Crippen molar-refractivity contribution in [2.45, 2.75) is 19.9 Å². The molecule has 6 heteroatoms. The van der Waals surface area contributed by atoms with Gasteiger partial charge in [-0.25, -0.2) is 9.37 Å². The molecule has 0 radical (unpaired) electrons. The van der Waals surface area contributed by atoms with Crippen LogP contribution in [0.3, 0.4) is 0 Å². The maximum Gasteiger partial charge on any atom is 0.227 e. The molecule has 0 aliphatic heterocycles. The van der Waals surface area contributed by atoms with Gasteiger partial charge in [-0.2, -0.15) is 0 Å². The predicted molar refractivity (Wildman–Crippen MR) is 99.3 cm³/mol. The Balaban J connectivity index is 1.54. The summed E-state index contributed by atoms with van der Waals surface area (Å²) in [5.41, 5.74) is 3.93. The van der Waals surface area contributed by atoms with Crippen LogP contribution in [0, 0.1) is 12.7 Å². The second-order valence-corrected chi connectivity index (χ2v) is 6.52. The summed E-state index contributed by atoms with van der Waals surface area (Å²) < 4.78 is 13.9. The van der Waals surface area contributed by atoms with Crippen molar-refractivity contribution in [1.82, 2.24) is 19.9 Å². The molecule has 4 aromatic rings. The second kappa shape index (κ2) is 6.29. The second-order valence-electron chi connectivity index (χ2n) is 6.52. The number of benzene rings is 2. The highest BCUT2D eigenvalue weighted by Crippen LogP contribution is 2.25. The highest BCUT2D eigenvalue weighted by atomic mass is 19.1. The van der Waals surface area contributed by atoms with E-state index in [4.69, 9.17) is 0 Å². The van der Waals surface area contributed by atoms with Gasteiger partial charge in [0.2, 0.25) is 5.91 Å². The maximum absolute atomic E-state index is 13.9. The number of carbonyl (C=O) groups is 1. The lowest BCUT2D eigenvalue weighted by atomic mass is 10.1. The lowest BCUT2D eigenvalue weighted by Crippen LogP contribution is -2.28. The number of amides is 1. The molecule has 5 nitrogen and oxygen atoms in total. The Labute approximate surface area is 149 Å². The molecule has 0 spiro atoms. The van der Waals surface area contributed by atoms with E-state index in [-0.39, 0.29) is 18.1 Å². The lowest BCUT2D eigenvalue weighted by Gasteiger charge is -2.16. The summed E-state index contributed by atoms with van der Waals surface area (Å²) in [5, 5.41) is 0.757. The molecule has 0 atom stereocenters. The Kier molecular flexibility index (Phi) is 3.95. The predicted octanol–water partition coefficient (Wildman–Crippen LogP) is 3.69. The summed E-state index contributed by atoms with van der Waals surface area (Å²) in [6.07, 6.45) is 0.214. The summed E-state index contributed by atoms with van der Waals surface area (Å²) >= 11 is 0. The number of H-pyrrole nitrogens is 2. The van der Waals surface area contributed by atoms with Gasteiger partial charge in [-0.15, -0.1) is 0 Å². The van der Waals surface area contributed by atoms with Crippen LogP contribution in [0.2, 0.25) is 0 Å². The van der Waals surface area contributed by atoms with Gasteiger partial charge in [-0.05, 0) is 30.7 Å². The van der Waals surface area contributed by atoms with Crippen molar-refractivity contribution in [1.29, 1.82) is 0 Å². The molecule has 2 N–H and O–H groups in total. The molecule has 132 valence electrons. The van der Waals surface area contributed by atoms with Gasteiger partial charge in [0, 0.05) is 18.1 Å². The van der Waals surface area contributed by atoms with Crippen molar-refractivity contribution in [3.8, 4) is 0 Å². The molecule has 0 bridgehead atoms. The van der Waals surface area contributed by atoms with Crippen LogP contribution < -0.4 is 0 Å². The lowest BCUT2D eigenvalue weighted by molar-refractivity contribution is -0.129. The van der Waals surface area contributed by atoms with Crippen LogP contribution in [-0.2, 0) is 17.8 Å². The van der Waals surface area contributed by atoms with E-state index in [2.05, 4.69) is 15.0 Å². The third-order valence-electron chi connectivity index (χ3n) is 4.68. The number of para-hydroxylation sites is 3. The molecular weight excluding hydrogens is 331 g/mol. The van der Waals surface area contributed by atoms with Crippen LogP contribution in [0.4, 0.5) is 4.39 Å². The fourth-order valence-corrected chi connectivity index (χ4v) is 3.27. The van der Waals surface area contributed by atoms with Gasteiger partial charge in [0.05, 0.1) is 29.5 Å². The minimum Gasteiger partial charge on any atom is -0.356 e. The van der Waals surface area contributed by atoms with E-state index in [9.17, 15) is 9.18 Å². The molecule has 4 rings (SSSR count). The molecule has 0 saturated heterocycles. The van der Waals surface area contributed by atoms with Gasteiger partial charge in [-0.1, -0.05) is 24.3 Å². The van der Waals surface area contributed by atoms with Crippen LogP contribution in [0.5, 0.6) is 0 Å². The highest BCUT2D eigenvalue weighted by Gasteiger charge is 2.18. The van der Waals surface area contributed by atoms with Crippen molar-refractivity contribution in [2.75, 3.05) is 7.05 Å². The quantitative estimate of drug-likeness (QED) is 0.589. The summed E-state index contributed by atoms with van der Waals surface area (Å²) in [6, 6.07) is 12.7. The smallest absolute Gasteiger partial charge is 0.227 e. The zero-order valence-corrected chi connectivity index (χ0v) is 14.6. The van der Waals surface area contributed by atoms with Crippen LogP contribution in [0.25, 0.3) is 21.9 Å². The molecule has 1 amide bonds. The normalized spacial score (nSPS) is 11.3. The summed E-state index contributed by atoms with van der Waals surface area (Å²) in [7, 11) is 1.75. The van der Waals surface area contributed by atoms with Crippen molar-refractivity contribution in [3.05, 3.63) is 65.4 Å². The summed E-state index contributed by atoms with van der Waals surface area (Å²) in [4.78, 5) is 25.1. The first-order chi connectivity index (χ1) is 12.5. The SMILES string of the molecule is Cc1[nH]c2c(F)cccc2c1CC(=O)N(C)Cc1nc2ccccc2[nH]1. The van der Waals surface area contributed by atoms with Gasteiger partial charge in [0.15, 0.2) is 0 Å². The molecule has 2 aromatic carbocycles. The van der Waals surface area contributed by atoms with Crippen LogP contribution in [0.15, 0.2) is 42.5 Å². The Morgan fingerprint density at radius 3 is 2.77 bits per heavy atom. The van der Waals surface area contributed by atoms with E-state index in [1.807, 2.05) is 37.3 Å². The number of carbonyl (C=O) groups excluding carboxylic acids is 1. The van der Waals surface area contributed by atoms with Crippen LogP contribution >= 0.6 is 0 Å². The Morgan fingerprint density at radius 1 is 1.15 bits per heavy atom. The van der Waals surface area contributed by atoms with Crippen molar-refractivity contribution >= 4 is 27.8 Å². The Hall–Kier alpha value is -3.15. The number of hydrogen-bond acceptors (Lipinski definition) is 2. The fourth-order valence-electron chi connectivity index (χ4n) is 3.27. The Bertz CT molecular complexity index is 1080. The maximum atomic E-state index is 13.9. The fraction of sp³-hybridized carbons (Fsp3) is 0.200. The minimum absolute atomic E-state index is 0.0429. The number of nitrogens with one attached hydrogen (secondary N) is 2. The number of aryl methyl sites for hydroxylation is 1. The minimum atomic E-state index is -0.306. The topological polar surface area (TPSA) is 64.8 Å². The first kappa shape index (κ1) is 16.3.